The molecule has 114 valence electrons. The predicted molar refractivity (Wildman–Crippen MR) is 82.2 cm³/mol. The lowest BCUT2D eigenvalue weighted by Gasteiger charge is -2.18. The van der Waals surface area contributed by atoms with Crippen LogP contribution in [-0.2, 0) is 0 Å². The highest BCUT2D eigenvalue weighted by atomic mass is 79.9. The summed E-state index contributed by atoms with van der Waals surface area (Å²) in [4.78, 5) is 1.12. The van der Waals surface area contributed by atoms with Gasteiger partial charge in [-0.3, -0.25) is 0 Å². The molecule has 0 fully saturated rings. The van der Waals surface area contributed by atoms with Crippen LogP contribution in [0.1, 0.15) is 26.2 Å². The minimum Gasteiger partial charge on any atom is -0.313 e. The average molecular weight is 370 g/mol. The van der Waals surface area contributed by atoms with Crippen molar-refractivity contribution in [2.45, 2.75) is 43.3 Å². The van der Waals surface area contributed by atoms with Crippen LogP contribution in [0, 0.1) is 0 Å². The van der Waals surface area contributed by atoms with Crippen LogP contribution in [0.25, 0.3) is 0 Å². The van der Waals surface area contributed by atoms with E-state index in [1.807, 2.05) is 31.2 Å². The Morgan fingerprint density at radius 3 is 2.70 bits per heavy atom. The summed E-state index contributed by atoms with van der Waals surface area (Å²) in [6.45, 7) is 2.75. The highest BCUT2D eigenvalue weighted by Crippen LogP contribution is 2.25. The molecule has 1 aromatic rings. The molecule has 0 aliphatic heterocycles. The molecule has 0 aromatic heterocycles. The summed E-state index contributed by atoms with van der Waals surface area (Å²) in [5.41, 5.74) is 0. The van der Waals surface area contributed by atoms with E-state index < -0.39 is 12.6 Å². The van der Waals surface area contributed by atoms with Gasteiger partial charge in [-0.05, 0) is 37.6 Å². The minimum atomic E-state index is -4.05. The fourth-order valence-corrected chi connectivity index (χ4v) is 3.45. The number of thioether (sulfide) groups is 1. The van der Waals surface area contributed by atoms with Gasteiger partial charge in [0.25, 0.3) is 0 Å². The first-order valence-electron chi connectivity index (χ1n) is 6.59. The van der Waals surface area contributed by atoms with E-state index in [1.165, 1.54) is 0 Å². The van der Waals surface area contributed by atoms with Crippen LogP contribution in [0.4, 0.5) is 13.2 Å². The van der Waals surface area contributed by atoms with Gasteiger partial charge in [0.15, 0.2) is 0 Å². The van der Waals surface area contributed by atoms with Crippen molar-refractivity contribution in [3.8, 4) is 0 Å². The van der Waals surface area contributed by atoms with Gasteiger partial charge in [-0.1, -0.05) is 28.9 Å². The minimum absolute atomic E-state index is 0.117. The molecule has 6 heteroatoms. The lowest BCUT2D eigenvalue weighted by atomic mass is 10.1. The summed E-state index contributed by atoms with van der Waals surface area (Å²) in [7, 11) is 0. The zero-order valence-corrected chi connectivity index (χ0v) is 13.7. The van der Waals surface area contributed by atoms with Crippen LogP contribution in [-0.4, -0.2) is 24.5 Å². The Bertz CT molecular complexity index is 398. The van der Waals surface area contributed by atoms with E-state index in [1.54, 1.807) is 11.8 Å². The number of nitrogens with one attached hydrogen (secondary N) is 1. The van der Waals surface area contributed by atoms with Crippen LogP contribution < -0.4 is 5.32 Å². The molecule has 1 aromatic carbocycles. The third-order valence-electron chi connectivity index (χ3n) is 2.75. The molecule has 1 rings (SSSR count). The van der Waals surface area contributed by atoms with E-state index in [2.05, 4.69) is 21.2 Å². The van der Waals surface area contributed by atoms with Crippen molar-refractivity contribution in [3.05, 3.63) is 28.7 Å². The largest absolute Gasteiger partial charge is 0.389 e. The van der Waals surface area contributed by atoms with Gasteiger partial charge >= 0.3 is 6.18 Å². The van der Waals surface area contributed by atoms with Crippen LogP contribution in [0.2, 0.25) is 0 Å². The molecular formula is C14H19BrF3NS. The summed E-state index contributed by atoms with van der Waals surface area (Å²) < 4.78 is 37.5. The third kappa shape index (κ3) is 8.17. The van der Waals surface area contributed by atoms with Crippen molar-refractivity contribution in [3.63, 3.8) is 0 Å². The number of halogens is 4. The second-order valence-electron chi connectivity index (χ2n) is 4.53. The maximum Gasteiger partial charge on any atom is 0.389 e. The molecule has 0 amide bonds. The zero-order chi connectivity index (χ0) is 15.0. The summed E-state index contributed by atoms with van der Waals surface area (Å²) in [6, 6.07) is 8.05. The van der Waals surface area contributed by atoms with Gasteiger partial charge in [-0.2, -0.15) is 13.2 Å². The summed E-state index contributed by atoms with van der Waals surface area (Å²) in [5.74, 6) is 0.780. The van der Waals surface area contributed by atoms with Crippen molar-refractivity contribution < 1.29 is 13.2 Å². The molecular weight excluding hydrogens is 351 g/mol. The monoisotopic (exact) mass is 369 g/mol. The average Bonchev–Trinajstić information content (AvgIpc) is 2.34. The molecule has 0 saturated heterocycles. The number of benzene rings is 1. The van der Waals surface area contributed by atoms with Crippen LogP contribution in [0.15, 0.2) is 33.6 Å². The standard InChI is InChI=1S/C14H19BrF3NS/c1-2-19-12(6-4-8-14(16,17)18)10-20-13-7-3-5-11(15)9-13/h3,5,7,9,12,19H,2,4,6,8,10H2,1H3. The van der Waals surface area contributed by atoms with Gasteiger partial charge in [-0.25, -0.2) is 0 Å². The lowest BCUT2D eigenvalue weighted by molar-refractivity contribution is -0.135. The molecule has 0 radical (unpaired) electrons. The number of hydrogen-bond donors (Lipinski definition) is 1. The molecule has 0 saturated carbocycles. The SMILES string of the molecule is CCNC(CCCC(F)(F)F)CSc1cccc(Br)c1. The topological polar surface area (TPSA) is 12.0 Å². The summed E-state index contributed by atoms with van der Waals surface area (Å²) in [6.07, 6.45) is -4.01. The summed E-state index contributed by atoms with van der Waals surface area (Å²) in [5, 5.41) is 3.25. The molecule has 1 nitrogen and oxygen atoms in total. The maximum absolute atomic E-state index is 12.2. The molecule has 0 heterocycles. The van der Waals surface area contributed by atoms with E-state index in [0.717, 1.165) is 21.7 Å². The van der Waals surface area contributed by atoms with Crippen molar-refractivity contribution >= 4 is 27.7 Å². The van der Waals surface area contributed by atoms with Crippen LogP contribution in [0.5, 0.6) is 0 Å². The number of rotatable bonds is 8. The van der Waals surface area contributed by atoms with Gasteiger partial charge in [0.2, 0.25) is 0 Å². The highest BCUT2D eigenvalue weighted by Gasteiger charge is 2.26. The van der Waals surface area contributed by atoms with Gasteiger partial charge < -0.3 is 5.32 Å². The molecule has 0 spiro atoms. The van der Waals surface area contributed by atoms with Crippen LogP contribution in [0.3, 0.4) is 0 Å². The van der Waals surface area contributed by atoms with Crippen LogP contribution >= 0.6 is 27.7 Å². The smallest absolute Gasteiger partial charge is 0.313 e. The third-order valence-corrected chi connectivity index (χ3v) is 4.40. The van der Waals surface area contributed by atoms with Crippen molar-refractivity contribution in [2.75, 3.05) is 12.3 Å². The van der Waals surface area contributed by atoms with E-state index in [-0.39, 0.29) is 12.5 Å². The molecule has 20 heavy (non-hydrogen) atoms. The van der Waals surface area contributed by atoms with E-state index in [9.17, 15) is 13.2 Å². The first-order valence-corrected chi connectivity index (χ1v) is 8.37. The Morgan fingerprint density at radius 2 is 2.10 bits per heavy atom. The molecule has 1 unspecified atom stereocenters. The molecule has 0 aliphatic rings. The molecule has 1 N–H and O–H groups in total. The Morgan fingerprint density at radius 1 is 1.35 bits per heavy atom. The molecule has 1 atom stereocenters. The van der Waals surface area contributed by atoms with Crippen molar-refractivity contribution in [1.29, 1.82) is 0 Å². The zero-order valence-electron chi connectivity index (χ0n) is 11.3. The Kier molecular flexibility index (Phi) is 7.99. The predicted octanol–water partition coefficient (Wildman–Crippen LogP) is 5.25. The van der Waals surface area contributed by atoms with Gasteiger partial charge in [0, 0.05) is 27.6 Å². The van der Waals surface area contributed by atoms with Gasteiger partial charge in [-0.15, -0.1) is 11.8 Å². The Labute approximate surface area is 130 Å². The Balaban J connectivity index is 2.38. The highest BCUT2D eigenvalue weighted by molar-refractivity contribution is 9.10. The first kappa shape index (κ1) is 17.9. The first-order chi connectivity index (χ1) is 9.40. The second kappa shape index (κ2) is 8.95. The number of alkyl halides is 3. The quantitative estimate of drug-likeness (QED) is 0.627. The molecule has 0 aliphatic carbocycles. The van der Waals surface area contributed by atoms with E-state index in [0.29, 0.717) is 6.42 Å². The van der Waals surface area contributed by atoms with Gasteiger partial charge in [0.05, 0.1) is 0 Å². The van der Waals surface area contributed by atoms with Crippen molar-refractivity contribution in [2.24, 2.45) is 0 Å². The Hall–Kier alpha value is -0.200. The fraction of sp³-hybridized carbons (Fsp3) is 0.571. The maximum atomic E-state index is 12.2. The van der Waals surface area contributed by atoms with E-state index in [4.69, 9.17) is 0 Å². The van der Waals surface area contributed by atoms with E-state index >= 15 is 0 Å². The number of hydrogen-bond acceptors (Lipinski definition) is 2. The van der Waals surface area contributed by atoms with Gasteiger partial charge in [0.1, 0.15) is 0 Å². The lowest BCUT2D eigenvalue weighted by Crippen LogP contribution is -2.31. The second-order valence-corrected chi connectivity index (χ2v) is 6.54. The fourth-order valence-electron chi connectivity index (χ4n) is 1.84. The summed E-state index contributed by atoms with van der Waals surface area (Å²) >= 11 is 5.08. The molecule has 0 bridgehead atoms. The van der Waals surface area contributed by atoms with Crippen molar-refractivity contribution in [1.82, 2.24) is 5.32 Å². The normalized spacial score (nSPS) is 13.4.